The maximum absolute atomic E-state index is 11.6. The highest BCUT2D eigenvalue weighted by Crippen LogP contribution is 2.03. The smallest absolute Gasteiger partial charge is 0.239 e. The summed E-state index contributed by atoms with van der Waals surface area (Å²) in [6.07, 6.45) is -0.0724. The van der Waals surface area contributed by atoms with E-state index < -0.39 is 0 Å². The first kappa shape index (κ1) is 11.4. The molecule has 1 heterocycles. The number of carbonyl (C=O) groups is 1. The van der Waals surface area contributed by atoms with Crippen molar-refractivity contribution in [2.24, 2.45) is 5.73 Å². The summed E-state index contributed by atoms with van der Waals surface area (Å²) in [6.45, 7) is 5.64. The van der Waals surface area contributed by atoms with Gasteiger partial charge < -0.3 is 21.1 Å². The predicted molar refractivity (Wildman–Crippen MR) is 53.9 cm³/mol. The van der Waals surface area contributed by atoms with Crippen LogP contribution in [0.25, 0.3) is 0 Å². The van der Waals surface area contributed by atoms with Crippen molar-refractivity contribution in [2.45, 2.75) is 32.0 Å². The van der Waals surface area contributed by atoms with Crippen LogP contribution in [-0.2, 0) is 9.53 Å². The van der Waals surface area contributed by atoms with Gasteiger partial charge in [0, 0.05) is 19.1 Å². The van der Waals surface area contributed by atoms with E-state index in [-0.39, 0.29) is 24.1 Å². The van der Waals surface area contributed by atoms with Crippen molar-refractivity contribution < 1.29 is 9.53 Å². The Morgan fingerprint density at radius 3 is 3.07 bits per heavy atom. The van der Waals surface area contributed by atoms with Gasteiger partial charge in [-0.15, -0.1) is 0 Å². The summed E-state index contributed by atoms with van der Waals surface area (Å²) in [6, 6.07) is -0.263. The lowest BCUT2D eigenvalue weighted by molar-refractivity contribution is -0.128. The molecular weight excluding hydrogens is 182 g/mol. The Morgan fingerprint density at radius 1 is 1.79 bits per heavy atom. The molecular formula is C9H19N3O2. The van der Waals surface area contributed by atoms with Gasteiger partial charge in [0.15, 0.2) is 0 Å². The fraction of sp³-hybridized carbons (Fsp3) is 0.889. The second kappa shape index (κ2) is 5.29. The van der Waals surface area contributed by atoms with Crippen LogP contribution in [0.5, 0.6) is 0 Å². The Labute approximate surface area is 84.4 Å². The van der Waals surface area contributed by atoms with Crippen molar-refractivity contribution in [3.63, 3.8) is 0 Å². The first-order valence-electron chi connectivity index (χ1n) is 4.99. The summed E-state index contributed by atoms with van der Waals surface area (Å²) in [5.41, 5.74) is 5.54. The molecule has 0 aromatic rings. The number of ether oxygens (including phenoxy) is 1. The highest BCUT2D eigenvalue weighted by molar-refractivity contribution is 5.82. The number of amides is 1. The molecule has 0 saturated carbocycles. The maximum Gasteiger partial charge on any atom is 0.239 e. The molecule has 1 amide bonds. The minimum Gasteiger partial charge on any atom is -0.375 e. The lowest BCUT2D eigenvalue weighted by Crippen LogP contribution is -2.56. The summed E-state index contributed by atoms with van der Waals surface area (Å²) in [5, 5.41) is 5.89. The molecule has 3 atom stereocenters. The quantitative estimate of drug-likeness (QED) is 0.537. The molecule has 14 heavy (non-hydrogen) atoms. The fourth-order valence-corrected chi connectivity index (χ4v) is 1.40. The number of hydrogen-bond donors (Lipinski definition) is 3. The molecule has 5 nitrogen and oxygen atoms in total. The van der Waals surface area contributed by atoms with Crippen LogP contribution in [0.1, 0.15) is 13.8 Å². The SMILES string of the molecule is CC(N)CNC(=O)[C@H]1NCCO[C@@H]1C. The van der Waals surface area contributed by atoms with Crippen LogP contribution in [0, 0.1) is 0 Å². The summed E-state index contributed by atoms with van der Waals surface area (Å²) in [4.78, 5) is 11.6. The van der Waals surface area contributed by atoms with Gasteiger partial charge in [0.25, 0.3) is 0 Å². The molecule has 0 spiro atoms. The Bertz CT molecular complexity index is 196. The highest BCUT2D eigenvalue weighted by atomic mass is 16.5. The van der Waals surface area contributed by atoms with Crippen LogP contribution in [0.3, 0.4) is 0 Å². The van der Waals surface area contributed by atoms with Gasteiger partial charge in [-0.2, -0.15) is 0 Å². The molecule has 5 heteroatoms. The number of carbonyl (C=O) groups excluding carboxylic acids is 1. The van der Waals surface area contributed by atoms with Crippen LogP contribution < -0.4 is 16.4 Å². The molecule has 0 aromatic heterocycles. The van der Waals surface area contributed by atoms with E-state index in [0.717, 1.165) is 6.54 Å². The Morgan fingerprint density at radius 2 is 2.50 bits per heavy atom. The van der Waals surface area contributed by atoms with E-state index in [9.17, 15) is 4.79 Å². The van der Waals surface area contributed by atoms with Gasteiger partial charge in [-0.3, -0.25) is 4.79 Å². The normalized spacial score (nSPS) is 29.6. The average molecular weight is 201 g/mol. The monoisotopic (exact) mass is 201 g/mol. The molecule has 1 rings (SSSR count). The van der Waals surface area contributed by atoms with E-state index >= 15 is 0 Å². The van der Waals surface area contributed by atoms with E-state index in [0.29, 0.717) is 13.2 Å². The zero-order valence-electron chi connectivity index (χ0n) is 8.75. The van der Waals surface area contributed by atoms with Gasteiger partial charge in [0.05, 0.1) is 12.7 Å². The molecule has 1 aliphatic heterocycles. The van der Waals surface area contributed by atoms with Gasteiger partial charge in [-0.25, -0.2) is 0 Å². The topological polar surface area (TPSA) is 76.4 Å². The number of nitrogens with two attached hydrogens (primary N) is 1. The Balaban J connectivity index is 2.34. The summed E-state index contributed by atoms with van der Waals surface area (Å²) >= 11 is 0. The third-order valence-corrected chi connectivity index (χ3v) is 2.20. The van der Waals surface area contributed by atoms with Crippen LogP contribution in [0.2, 0.25) is 0 Å². The largest absolute Gasteiger partial charge is 0.375 e. The zero-order chi connectivity index (χ0) is 10.6. The minimum absolute atomic E-state index is 0.0150. The first-order valence-corrected chi connectivity index (χ1v) is 4.99. The molecule has 0 radical (unpaired) electrons. The molecule has 82 valence electrons. The van der Waals surface area contributed by atoms with Crippen molar-refractivity contribution >= 4 is 5.91 Å². The summed E-state index contributed by atoms with van der Waals surface area (Å²) in [7, 11) is 0. The van der Waals surface area contributed by atoms with Crippen molar-refractivity contribution in [2.75, 3.05) is 19.7 Å². The van der Waals surface area contributed by atoms with Gasteiger partial charge >= 0.3 is 0 Å². The van der Waals surface area contributed by atoms with E-state index in [2.05, 4.69) is 10.6 Å². The van der Waals surface area contributed by atoms with Crippen LogP contribution in [0.15, 0.2) is 0 Å². The number of hydrogen-bond acceptors (Lipinski definition) is 4. The first-order chi connectivity index (χ1) is 6.61. The zero-order valence-corrected chi connectivity index (χ0v) is 8.75. The molecule has 0 aromatic carbocycles. The maximum atomic E-state index is 11.6. The molecule has 1 saturated heterocycles. The van der Waals surface area contributed by atoms with Gasteiger partial charge in [0.2, 0.25) is 5.91 Å². The summed E-state index contributed by atoms with van der Waals surface area (Å²) < 4.78 is 5.36. The molecule has 0 bridgehead atoms. The fourth-order valence-electron chi connectivity index (χ4n) is 1.40. The standard InChI is InChI=1S/C9H19N3O2/c1-6(10)5-12-9(13)8-7(2)14-4-3-11-8/h6-8,11H,3-5,10H2,1-2H3,(H,12,13)/t6?,7-,8+/m1/s1. The lowest BCUT2D eigenvalue weighted by atomic mass is 10.1. The second-order valence-corrected chi connectivity index (χ2v) is 3.73. The number of nitrogens with one attached hydrogen (secondary N) is 2. The molecule has 1 aliphatic rings. The van der Waals surface area contributed by atoms with Crippen LogP contribution in [-0.4, -0.2) is 43.8 Å². The van der Waals surface area contributed by atoms with E-state index in [4.69, 9.17) is 10.5 Å². The van der Waals surface area contributed by atoms with E-state index in [1.807, 2.05) is 13.8 Å². The summed E-state index contributed by atoms with van der Waals surface area (Å²) in [5.74, 6) is -0.0329. The predicted octanol–water partition coefficient (Wildman–Crippen LogP) is -1.17. The van der Waals surface area contributed by atoms with Gasteiger partial charge in [0.1, 0.15) is 6.04 Å². The molecule has 0 aliphatic carbocycles. The third-order valence-electron chi connectivity index (χ3n) is 2.20. The van der Waals surface area contributed by atoms with Gasteiger partial charge in [-0.05, 0) is 13.8 Å². The van der Waals surface area contributed by atoms with Crippen molar-refractivity contribution in [3.8, 4) is 0 Å². The average Bonchev–Trinajstić information content (AvgIpc) is 2.15. The van der Waals surface area contributed by atoms with E-state index in [1.165, 1.54) is 0 Å². The molecule has 1 fully saturated rings. The van der Waals surface area contributed by atoms with E-state index in [1.54, 1.807) is 0 Å². The lowest BCUT2D eigenvalue weighted by Gasteiger charge is -2.29. The molecule has 1 unspecified atom stereocenters. The Kier molecular flexibility index (Phi) is 4.31. The number of rotatable bonds is 3. The van der Waals surface area contributed by atoms with Crippen LogP contribution >= 0.6 is 0 Å². The highest BCUT2D eigenvalue weighted by Gasteiger charge is 2.27. The van der Waals surface area contributed by atoms with Crippen molar-refractivity contribution in [1.29, 1.82) is 0 Å². The van der Waals surface area contributed by atoms with Crippen LogP contribution in [0.4, 0.5) is 0 Å². The van der Waals surface area contributed by atoms with Crippen molar-refractivity contribution in [1.82, 2.24) is 10.6 Å². The second-order valence-electron chi connectivity index (χ2n) is 3.73. The third kappa shape index (κ3) is 3.25. The Hall–Kier alpha value is -0.650. The molecule has 4 N–H and O–H groups in total. The number of morpholine rings is 1. The minimum atomic E-state index is -0.248. The van der Waals surface area contributed by atoms with Crippen molar-refractivity contribution in [3.05, 3.63) is 0 Å². The van der Waals surface area contributed by atoms with Gasteiger partial charge in [-0.1, -0.05) is 0 Å².